The van der Waals surface area contributed by atoms with Crippen molar-refractivity contribution in [3.05, 3.63) is 23.8 Å². The zero-order chi connectivity index (χ0) is 12.3. The molecule has 0 radical (unpaired) electrons. The van der Waals surface area contributed by atoms with Gasteiger partial charge in [0, 0.05) is 13.1 Å². The van der Waals surface area contributed by atoms with Gasteiger partial charge in [0.25, 0.3) is 0 Å². The van der Waals surface area contributed by atoms with E-state index in [-0.39, 0.29) is 6.61 Å². The zero-order valence-corrected chi connectivity index (χ0v) is 10.5. The molecule has 1 aromatic rings. The van der Waals surface area contributed by atoms with Crippen LogP contribution in [0.2, 0.25) is 0 Å². The third-order valence-electron chi connectivity index (χ3n) is 2.98. The van der Waals surface area contributed by atoms with Crippen LogP contribution in [0.15, 0.2) is 18.2 Å². The largest absolute Gasteiger partial charge is 0.490 e. The Kier molecular flexibility index (Phi) is 3.86. The van der Waals surface area contributed by atoms with Gasteiger partial charge in [-0.05, 0) is 31.8 Å². The maximum atomic E-state index is 9.11. The lowest BCUT2D eigenvalue weighted by atomic mass is 10.1. The highest BCUT2D eigenvalue weighted by Gasteiger charge is 2.17. The summed E-state index contributed by atoms with van der Waals surface area (Å²) < 4.78 is 5.64. The predicted octanol–water partition coefficient (Wildman–Crippen LogP) is 0.939. The minimum absolute atomic E-state index is 0.0638. The molecule has 4 nitrogen and oxygen atoms in total. The lowest BCUT2D eigenvalue weighted by Crippen LogP contribution is -2.37. The van der Waals surface area contributed by atoms with Crippen LogP contribution in [0.4, 0.5) is 5.69 Å². The fourth-order valence-corrected chi connectivity index (χ4v) is 1.97. The van der Waals surface area contributed by atoms with Crippen molar-refractivity contribution in [2.24, 2.45) is 0 Å². The molecule has 17 heavy (non-hydrogen) atoms. The van der Waals surface area contributed by atoms with Gasteiger partial charge in [-0.15, -0.1) is 0 Å². The van der Waals surface area contributed by atoms with E-state index in [4.69, 9.17) is 9.84 Å². The molecule has 0 spiro atoms. The summed E-state index contributed by atoms with van der Waals surface area (Å²) in [6, 6.07) is 5.92. The summed E-state index contributed by atoms with van der Waals surface area (Å²) in [5.74, 6) is 0.890. The topological polar surface area (TPSA) is 35.9 Å². The van der Waals surface area contributed by atoms with Gasteiger partial charge >= 0.3 is 0 Å². The van der Waals surface area contributed by atoms with Gasteiger partial charge in [0.15, 0.2) is 0 Å². The van der Waals surface area contributed by atoms with Crippen molar-refractivity contribution in [2.75, 3.05) is 45.2 Å². The number of benzene rings is 1. The molecule has 1 aliphatic heterocycles. The van der Waals surface area contributed by atoms with Crippen LogP contribution >= 0.6 is 0 Å². The molecule has 94 valence electrons. The lowest BCUT2D eigenvalue weighted by Gasteiger charge is -2.32. The summed E-state index contributed by atoms with van der Waals surface area (Å²) >= 11 is 0. The van der Waals surface area contributed by atoms with Crippen molar-refractivity contribution in [3.8, 4) is 5.75 Å². The molecular formula is C13H20N2O2. The molecule has 0 aliphatic carbocycles. The standard InChI is InChI=1S/C13H20N2O2/c1-14(2)5-6-15-7-8-17-13-9-11(10-16)3-4-12(13)15/h3-4,9,16H,5-8,10H2,1-2H3. The third-order valence-corrected chi connectivity index (χ3v) is 2.98. The second-order valence-electron chi connectivity index (χ2n) is 4.60. The molecule has 2 rings (SSSR count). The number of likely N-dealkylation sites (N-methyl/N-ethyl adjacent to an activating group) is 1. The molecule has 0 aromatic heterocycles. The molecule has 4 heteroatoms. The molecule has 1 heterocycles. The molecule has 0 atom stereocenters. The highest BCUT2D eigenvalue weighted by Crippen LogP contribution is 2.32. The number of fused-ring (bicyclic) bond motifs is 1. The second kappa shape index (κ2) is 5.38. The molecule has 0 bridgehead atoms. The Labute approximate surface area is 102 Å². The van der Waals surface area contributed by atoms with E-state index < -0.39 is 0 Å². The first-order valence-electron chi connectivity index (χ1n) is 5.97. The Bertz CT molecular complexity index is 380. The lowest BCUT2D eigenvalue weighted by molar-refractivity contribution is 0.277. The van der Waals surface area contributed by atoms with Crippen LogP contribution < -0.4 is 9.64 Å². The van der Waals surface area contributed by atoms with Crippen LogP contribution in [0.3, 0.4) is 0 Å². The van der Waals surface area contributed by atoms with Gasteiger partial charge in [0.05, 0.1) is 18.8 Å². The predicted molar refractivity (Wildman–Crippen MR) is 68.6 cm³/mol. The van der Waals surface area contributed by atoms with Crippen molar-refractivity contribution in [3.63, 3.8) is 0 Å². The van der Waals surface area contributed by atoms with E-state index in [1.165, 1.54) is 0 Å². The highest BCUT2D eigenvalue weighted by molar-refractivity contribution is 5.61. The number of rotatable bonds is 4. The number of aliphatic hydroxyl groups excluding tert-OH is 1. The van der Waals surface area contributed by atoms with Crippen LogP contribution in [0.1, 0.15) is 5.56 Å². The number of ether oxygens (including phenoxy) is 1. The molecule has 0 amide bonds. The van der Waals surface area contributed by atoms with Gasteiger partial charge in [-0.1, -0.05) is 6.07 Å². The molecule has 1 aromatic carbocycles. The summed E-state index contributed by atoms with van der Waals surface area (Å²) in [5.41, 5.74) is 2.04. The molecule has 0 saturated heterocycles. The summed E-state index contributed by atoms with van der Waals surface area (Å²) in [7, 11) is 4.16. The highest BCUT2D eigenvalue weighted by atomic mass is 16.5. The quantitative estimate of drug-likeness (QED) is 0.844. The minimum Gasteiger partial charge on any atom is -0.490 e. The van der Waals surface area contributed by atoms with E-state index in [1.807, 2.05) is 18.2 Å². The van der Waals surface area contributed by atoms with Gasteiger partial charge in [-0.2, -0.15) is 0 Å². The summed E-state index contributed by atoms with van der Waals surface area (Å²) in [4.78, 5) is 4.51. The van der Waals surface area contributed by atoms with E-state index in [0.717, 1.165) is 43.2 Å². The molecular weight excluding hydrogens is 216 g/mol. The van der Waals surface area contributed by atoms with Crippen LogP contribution in [0, 0.1) is 0 Å². The van der Waals surface area contributed by atoms with Gasteiger partial charge in [-0.25, -0.2) is 0 Å². The molecule has 1 N–H and O–H groups in total. The number of aliphatic hydroxyl groups is 1. The summed E-state index contributed by atoms with van der Waals surface area (Å²) in [6.07, 6.45) is 0. The molecule has 1 aliphatic rings. The normalized spacial score (nSPS) is 14.7. The Morgan fingerprint density at radius 1 is 1.41 bits per heavy atom. The average molecular weight is 236 g/mol. The van der Waals surface area contributed by atoms with Crippen molar-refractivity contribution < 1.29 is 9.84 Å². The molecule has 0 saturated carbocycles. The third kappa shape index (κ3) is 2.90. The number of hydrogen-bond donors (Lipinski definition) is 1. The molecule has 0 fully saturated rings. The van der Waals surface area contributed by atoms with E-state index >= 15 is 0 Å². The Hall–Kier alpha value is -1.26. The van der Waals surface area contributed by atoms with Crippen molar-refractivity contribution in [2.45, 2.75) is 6.61 Å². The van der Waals surface area contributed by atoms with Crippen molar-refractivity contribution in [1.29, 1.82) is 0 Å². The minimum atomic E-state index is 0.0638. The first-order chi connectivity index (χ1) is 8.20. The van der Waals surface area contributed by atoms with Gasteiger partial charge in [-0.3, -0.25) is 0 Å². The van der Waals surface area contributed by atoms with Crippen LogP contribution in [-0.2, 0) is 6.61 Å². The summed E-state index contributed by atoms with van der Waals surface area (Å²) in [6.45, 7) is 3.74. The SMILES string of the molecule is CN(C)CCN1CCOc2cc(CO)ccc21. The zero-order valence-electron chi connectivity index (χ0n) is 10.5. The fraction of sp³-hybridized carbons (Fsp3) is 0.538. The Morgan fingerprint density at radius 3 is 2.94 bits per heavy atom. The first kappa shape index (κ1) is 12.2. The van der Waals surface area contributed by atoms with E-state index in [0.29, 0.717) is 0 Å². The van der Waals surface area contributed by atoms with Crippen LogP contribution in [0.25, 0.3) is 0 Å². The molecule has 0 unspecified atom stereocenters. The number of anilines is 1. The summed E-state index contributed by atoms with van der Waals surface area (Å²) in [5, 5.41) is 9.11. The smallest absolute Gasteiger partial charge is 0.143 e. The second-order valence-corrected chi connectivity index (χ2v) is 4.60. The van der Waals surface area contributed by atoms with E-state index in [2.05, 4.69) is 23.9 Å². The maximum absolute atomic E-state index is 9.11. The van der Waals surface area contributed by atoms with Gasteiger partial charge in [0.2, 0.25) is 0 Å². The number of hydrogen-bond acceptors (Lipinski definition) is 4. The van der Waals surface area contributed by atoms with Crippen LogP contribution in [-0.4, -0.2) is 50.3 Å². The maximum Gasteiger partial charge on any atom is 0.143 e. The van der Waals surface area contributed by atoms with E-state index in [1.54, 1.807) is 0 Å². The fourth-order valence-electron chi connectivity index (χ4n) is 1.97. The van der Waals surface area contributed by atoms with Crippen LogP contribution in [0.5, 0.6) is 5.75 Å². The Balaban J connectivity index is 2.14. The monoisotopic (exact) mass is 236 g/mol. The van der Waals surface area contributed by atoms with Gasteiger partial charge < -0.3 is 19.6 Å². The number of nitrogens with zero attached hydrogens (tertiary/aromatic N) is 2. The van der Waals surface area contributed by atoms with E-state index in [9.17, 15) is 0 Å². The van der Waals surface area contributed by atoms with Crippen molar-refractivity contribution >= 4 is 5.69 Å². The van der Waals surface area contributed by atoms with Gasteiger partial charge in [0.1, 0.15) is 12.4 Å². The first-order valence-corrected chi connectivity index (χ1v) is 5.97. The Morgan fingerprint density at radius 2 is 2.24 bits per heavy atom. The average Bonchev–Trinajstić information content (AvgIpc) is 2.35. The van der Waals surface area contributed by atoms with Crippen molar-refractivity contribution in [1.82, 2.24) is 4.90 Å².